The van der Waals surface area contributed by atoms with Crippen molar-refractivity contribution in [3.05, 3.63) is 0 Å². The van der Waals surface area contributed by atoms with Crippen LogP contribution in [-0.2, 0) is 14.3 Å². The molecule has 0 atom stereocenters. The molecule has 0 spiro atoms. The van der Waals surface area contributed by atoms with Crippen molar-refractivity contribution in [2.75, 3.05) is 39.9 Å². The number of methoxy groups -OCH3 is 1. The molecule has 0 saturated carbocycles. The largest absolute Gasteiger partial charge is 0.383 e. The van der Waals surface area contributed by atoms with Gasteiger partial charge < -0.3 is 14.5 Å². The lowest BCUT2D eigenvalue weighted by Gasteiger charge is -2.25. The molecule has 0 bridgehead atoms. The van der Waals surface area contributed by atoms with Gasteiger partial charge in [-0.05, 0) is 12.8 Å². The van der Waals surface area contributed by atoms with Gasteiger partial charge in [-0.1, -0.05) is 12.8 Å². The molecule has 0 radical (unpaired) electrons. The fraction of sp³-hybridized carbons (Fsp3) is 0.846. The van der Waals surface area contributed by atoms with E-state index in [9.17, 15) is 9.59 Å². The summed E-state index contributed by atoms with van der Waals surface area (Å²) in [5.41, 5.74) is 0. The number of carbonyl (C=O) groups is 2. The topological polar surface area (TPSA) is 49.9 Å². The van der Waals surface area contributed by atoms with Crippen molar-refractivity contribution in [3.8, 4) is 0 Å². The molecule has 0 aromatic heterocycles. The molecule has 1 fully saturated rings. The van der Waals surface area contributed by atoms with Crippen LogP contribution in [0.2, 0.25) is 0 Å². The van der Waals surface area contributed by atoms with Crippen molar-refractivity contribution in [2.45, 2.75) is 32.6 Å². The molecule has 0 aromatic carbocycles. The van der Waals surface area contributed by atoms with Crippen LogP contribution < -0.4 is 0 Å². The quantitative estimate of drug-likeness (QED) is 0.734. The third kappa shape index (κ3) is 5.04. The molecule has 0 aromatic rings. The van der Waals surface area contributed by atoms with E-state index < -0.39 is 0 Å². The summed E-state index contributed by atoms with van der Waals surface area (Å²) in [5, 5.41) is 0. The maximum absolute atomic E-state index is 12.1. The van der Waals surface area contributed by atoms with Gasteiger partial charge in [0.05, 0.1) is 13.2 Å². The average Bonchev–Trinajstić information content (AvgIpc) is 2.62. The van der Waals surface area contributed by atoms with Crippen molar-refractivity contribution < 1.29 is 14.3 Å². The smallest absolute Gasteiger partial charge is 0.242 e. The summed E-state index contributed by atoms with van der Waals surface area (Å²) in [6, 6.07) is 0. The Hall–Kier alpha value is -1.10. The molecular weight excluding hydrogens is 232 g/mol. The van der Waals surface area contributed by atoms with E-state index in [0.29, 0.717) is 13.2 Å². The summed E-state index contributed by atoms with van der Waals surface area (Å²) in [5.74, 6) is -0.0153. The van der Waals surface area contributed by atoms with Gasteiger partial charge in [0.1, 0.15) is 0 Å². The van der Waals surface area contributed by atoms with E-state index in [4.69, 9.17) is 4.74 Å². The maximum atomic E-state index is 12.1. The first-order valence-corrected chi connectivity index (χ1v) is 6.67. The maximum Gasteiger partial charge on any atom is 0.242 e. The fourth-order valence-corrected chi connectivity index (χ4v) is 2.13. The van der Waals surface area contributed by atoms with Crippen LogP contribution in [-0.4, -0.2) is 61.5 Å². The molecule has 2 amide bonds. The van der Waals surface area contributed by atoms with Gasteiger partial charge in [0, 0.05) is 33.7 Å². The number of rotatable bonds is 5. The Balaban J connectivity index is 2.45. The minimum Gasteiger partial charge on any atom is -0.383 e. The van der Waals surface area contributed by atoms with Crippen LogP contribution in [0.3, 0.4) is 0 Å². The molecule has 104 valence electrons. The van der Waals surface area contributed by atoms with E-state index in [1.807, 2.05) is 4.90 Å². The van der Waals surface area contributed by atoms with Gasteiger partial charge >= 0.3 is 0 Å². The average molecular weight is 256 g/mol. The molecule has 0 N–H and O–H groups in total. The van der Waals surface area contributed by atoms with Gasteiger partial charge in [-0.3, -0.25) is 9.59 Å². The number of carbonyl (C=O) groups excluding carboxylic acids is 2. The molecule has 5 heteroatoms. The van der Waals surface area contributed by atoms with Crippen molar-refractivity contribution in [2.24, 2.45) is 0 Å². The second kappa shape index (κ2) is 8.08. The van der Waals surface area contributed by atoms with Gasteiger partial charge in [0.15, 0.2) is 0 Å². The molecule has 1 saturated heterocycles. The summed E-state index contributed by atoms with van der Waals surface area (Å²) in [6.45, 7) is 4.27. The zero-order chi connectivity index (χ0) is 13.4. The Kier molecular flexibility index (Phi) is 6.72. The third-order valence-electron chi connectivity index (χ3n) is 3.30. The molecule has 0 unspecified atom stereocenters. The molecule has 1 aliphatic rings. The molecular formula is C13H24N2O3. The van der Waals surface area contributed by atoms with Crippen LogP contribution in [0.1, 0.15) is 32.6 Å². The van der Waals surface area contributed by atoms with Gasteiger partial charge in [-0.25, -0.2) is 0 Å². The van der Waals surface area contributed by atoms with E-state index in [0.717, 1.165) is 25.9 Å². The molecule has 0 aliphatic carbocycles. The predicted octanol–water partition coefficient (Wildman–Crippen LogP) is 0.884. The fourth-order valence-electron chi connectivity index (χ4n) is 2.13. The Morgan fingerprint density at radius 1 is 1.17 bits per heavy atom. The highest BCUT2D eigenvalue weighted by molar-refractivity contribution is 5.83. The normalized spacial score (nSPS) is 16.2. The minimum absolute atomic E-state index is 0.0585. The molecule has 1 rings (SSSR count). The Labute approximate surface area is 109 Å². The summed E-state index contributed by atoms with van der Waals surface area (Å²) in [4.78, 5) is 27.0. The van der Waals surface area contributed by atoms with Crippen LogP contribution in [0, 0.1) is 0 Å². The summed E-state index contributed by atoms with van der Waals surface area (Å²) >= 11 is 0. The number of hydrogen-bond acceptors (Lipinski definition) is 3. The van der Waals surface area contributed by atoms with E-state index >= 15 is 0 Å². The van der Waals surface area contributed by atoms with Crippen LogP contribution in [0.5, 0.6) is 0 Å². The zero-order valence-electron chi connectivity index (χ0n) is 11.5. The Bertz CT molecular complexity index is 273. The lowest BCUT2D eigenvalue weighted by Crippen LogP contribution is -2.43. The predicted molar refractivity (Wildman–Crippen MR) is 69.2 cm³/mol. The molecule has 5 nitrogen and oxygen atoms in total. The highest BCUT2D eigenvalue weighted by atomic mass is 16.5. The van der Waals surface area contributed by atoms with Crippen LogP contribution >= 0.6 is 0 Å². The van der Waals surface area contributed by atoms with Crippen molar-refractivity contribution >= 4 is 11.8 Å². The van der Waals surface area contributed by atoms with Gasteiger partial charge in [0.2, 0.25) is 11.8 Å². The highest BCUT2D eigenvalue weighted by Crippen LogP contribution is 2.10. The number of ether oxygens (including phenoxy) is 1. The first kappa shape index (κ1) is 15.0. The summed E-state index contributed by atoms with van der Waals surface area (Å²) < 4.78 is 4.95. The van der Waals surface area contributed by atoms with Crippen molar-refractivity contribution in [1.29, 1.82) is 0 Å². The first-order valence-electron chi connectivity index (χ1n) is 6.67. The Morgan fingerprint density at radius 2 is 1.78 bits per heavy atom. The Morgan fingerprint density at radius 3 is 2.28 bits per heavy atom. The lowest BCUT2D eigenvalue weighted by atomic mass is 10.2. The number of amides is 2. The highest BCUT2D eigenvalue weighted by Gasteiger charge is 2.19. The van der Waals surface area contributed by atoms with E-state index in [2.05, 4.69) is 0 Å². The number of hydrogen-bond donors (Lipinski definition) is 0. The van der Waals surface area contributed by atoms with Crippen molar-refractivity contribution in [3.63, 3.8) is 0 Å². The van der Waals surface area contributed by atoms with E-state index in [1.165, 1.54) is 19.8 Å². The third-order valence-corrected chi connectivity index (χ3v) is 3.30. The van der Waals surface area contributed by atoms with Gasteiger partial charge in [-0.2, -0.15) is 0 Å². The minimum atomic E-state index is -0.0739. The monoisotopic (exact) mass is 256 g/mol. The molecule has 1 aliphatic heterocycles. The lowest BCUT2D eigenvalue weighted by molar-refractivity contribution is -0.139. The molecule has 1 heterocycles. The summed E-state index contributed by atoms with van der Waals surface area (Å²) in [6.07, 6.45) is 4.54. The van der Waals surface area contributed by atoms with Crippen LogP contribution in [0.4, 0.5) is 0 Å². The first-order chi connectivity index (χ1) is 8.65. The second-order valence-corrected chi connectivity index (χ2v) is 4.73. The number of nitrogens with zero attached hydrogens (tertiary/aromatic N) is 2. The zero-order valence-corrected chi connectivity index (χ0v) is 11.5. The number of likely N-dealkylation sites (tertiary alicyclic amines) is 1. The van der Waals surface area contributed by atoms with E-state index in [-0.39, 0.29) is 18.4 Å². The van der Waals surface area contributed by atoms with Crippen LogP contribution in [0.15, 0.2) is 0 Å². The standard InChI is InChI=1S/C13H24N2O3/c1-12(16)15(9-10-18-2)11-13(17)14-7-5-3-4-6-8-14/h3-11H2,1-2H3. The van der Waals surface area contributed by atoms with Gasteiger partial charge in [0.25, 0.3) is 0 Å². The van der Waals surface area contributed by atoms with Crippen LogP contribution in [0.25, 0.3) is 0 Å². The van der Waals surface area contributed by atoms with E-state index in [1.54, 1.807) is 12.0 Å². The molecule has 18 heavy (non-hydrogen) atoms. The SMILES string of the molecule is COCCN(CC(=O)N1CCCCCC1)C(C)=O. The van der Waals surface area contributed by atoms with Crippen molar-refractivity contribution in [1.82, 2.24) is 9.80 Å². The summed E-state index contributed by atoms with van der Waals surface area (Å²) in [7, 11) is 1.59. The van der Waals surface area contributed by atoms with Gasteiger partial charge in [-0.15, -0.1) is 0 Å². The second-order valence-electron chi connectivity index (χ2n) is 4.73.